The maximum absolute atomic E-state index is 12.2. The predicted octanol–water partition coefficient (Wildman–Crippen LogP) is 1.81. The standard InChI is InChI=1S/C16H18N2O2/c1-16(2)13(19)6-8-18-7-5-10-9-11(15(17)20)3-4-12(10)14(16)18/h3-4,6,8-9,14H,5,7H2,1-2H3,(H2,17,20). The van der Waals surface area contributed by atoms with Gasteiger partial charge in [0.25, 0.3) is 0 Å². The van der Waals surface area contributed by atoms with E-state index in [1.165, 1.54) is 0 Å². The molecule has 0 saturated carbocycles. The summed E-state index contributed by atoms with van der Waals surface area (Å²) in [6.07, 6.45) is 4.42. The van der Waals surface area contributed by atoms with Crippen LogP contribution in [-0.2, 0) is 11.2 Å². The molecule has 0 radical (unpaired) electrons. The van der Waals surface area contributed by atoms with Crippen molar-refractivity contribution in [3.63, 3.8) is 0 Å². The van der Waals surface area contributed by atoms with Crippen molar-refractivity contribution in [2.75, 3.05) is 6.54 Å². The summed E-state index contributed by atoms with van der Waals surface area (Å²) in [5, 5.41) is 0. The quantitative estimate of drug-likeness (QED) is 0.846. The number of allylic oxidation sites excluding steroid dienone is 1. The van der Waals surface area contributed by atoms with Gasteiger partial charge < -0.3 is 10.6 Å². The topological polar surface area (TPSA) is 63.4 Å². The molecule has 0 aliphatic carbocycles. The molecule has 0 spiro atoms. The fraction of sp³-hybridized carbons (Fsp3) is 0.375. The van der Waals surface area contributed by atoms with E-state index < -0.39 is 11.3 Å². The van der Waals surface area contributed by atoms with Crippen LogP contribution in [0, 0.1) is 5.41 Å². The molecule has 1 atom stereocenters. The molecule has 1 unspecified atom stereocenters. The number of amides is 1. The molecule has 0 saturated heterocycles. The Balaban J connectivity index is 2.12. The van der Waals surface area contributed by atoms with Crippen LogP contribution in [0.15, 0.2) is 30.5 Å². The van der Waals surface area contributed by atoms with E-state index in [2.05, 4.69) is 4.90 Å². The minimum atomic E-state index is -0.460. The predicted molar refractivity (Wildman–Crippen MR) is 76.0 cm³/mol. The first-order chi connectivity index (χ1) is 9.41. The first-order valence-corrected chi connectivity index (χ1v) is 6.82. The molecule has 20 heavy (non-hydrogen) atoms. The number of ketones is 1. The second kappa shape index (κ2) is 4.20. The minimum Gasteiger partial charge on any atom is -0.369 e. The van der Waals surface area contributed by atoms with Crippen LogP contribution in [0.4, 0.5) is 0 Å². The first-order valence-electron chi connectivity index (χ1n) is 6.82. The molecule has 0 aromatic heterocycles. The lowest BCUT2D eigenvalue weighted by atomic mass is 9.71. The number of benzene rings is 1. The normalized spacial score (nSPS) is 23.2. The van der Waals surface area contributed by atoms with Gasteiger partial charge in [-0.15, -0.1) is 0 Å². The van der Waals surface area contributed by atoms with E-state index in [-0.39, 0.29) is 11.8 Å². The smallest absolute Gasteiger partial charge is 0.248 e. The molecule has 2 aliphatic rings. The highest BCUT2D eigenvalue weighted by molar-refractivity contribution is 5.96. The molecule has 1 aromatic rings. The lowest BCUT2D eigenvalue weighted by Gasteiger charge is -2.47. The number of nitrogens with zero attached hydrogens (tertiary/aromatic N) is 1. The Morgan fingerprint density at radius 1 is 1.40 bits per heavy atom. The molecule has 2 heterocycles. The SMILES string of the molecule is CC1(C)C(=O)C=CN2CCc3cc(C(N)=O)ccc3C21. The van der Waals surface area contributed by atoms with Crippen molar-refractivity contribution in [3.05, 3.63) is 47.2 Å². The number of primary amides is 1. The lowest BCUT2D eigenvalue weighted by molar-refractivity contribution is -0.127. The molecule has 2 N–H and O–H groups in total. The van der Waals surface area contributed by atoms with E-state index in [9.17, 15) is 9.59 Å². The van der Waals surface area contributed by atoms with Gasteiger partial charge in [-0.2, -0.15) is 0 Å². The highest BCUT2D eigenvalue weighted by Crippen LogP contribution is 2.45. The van der Waals surface area contributed by atoms with E-state index in [0.717, 1.165) is 24.1 Å². The Morgan fingerprint density at radius 2 is 2.15 bits per heavy atom. The van der Waals surface area contributed by atoms with E-state index in [1.54, 1.807) is 12.1 Å². The maximum Gasteiger partial charge on any atom is 0.248 e. The van der Waals surface area contributed by atoms with E-state index in [4.69, 9.17) is 5.73 Å². The van der Waals surface area contributed by atoms with Crippen molar-refractivity contribution in [2.24, 2.45) is 11.1 Å². The number of hydrogen-bond acceptors (Lipinski definition) is 3. The summed E-state index contributed by atoms with van der Waals surface area (Å²) in [6.45, 7) is 4.81. The van der Waals surface area contributed by atoms with Gasteiger partial charge in [-0.25, -0.2) is 0 Å². The van der Waals surface area contributed by atoms with Crippen LogP contribution in [0.3, 0.4) is 0 Å². The first kappa shape index (κ1) is 12.9. The largest absolute Gasteiger partial charge is 0.369 e. The Kier molecular flexibility index (Phi) is 2.71. The fourth-order valence-electron chi connectivity index (χ4n) is 3.28. The van der Waals surface area contributed by atoms with Gasteiger partial charge >= 0.3 is 0 Å². The van der Waals surface area contributed by atoms with Gasteiger partial charge in [-0.3, -0.25) is 9.59 Å². The van der Waals surface area contributed by atoms with Crippen LogP contribution in [-0.4, -0.2) is 23.1 Å². The number of carbonyl (C=O) groups excluding carboxylic acids is 2. The number of carbonyl (C=O) groups is 2. The zero-order valence-corrected chi connectivity index (χ0v) is 11.7. The van der Waals surface area contributed by atoms with Crippen molar-refractivity contribution in [3.8, 4) is 0 Å². The van der Waals surface area contributed by atoms with Gasteiger partial charge in [0.1, 0.15) is 0 Å². The molecule has 0 fully saturated rings. The van der Waals surface area contributed by atoms with Crippen molar-refractivity contribution < 1.29 is 9.59 Å². The number of hydrogen-bond donors (Lipinski definition) is 1. The van der Waals surface area contributed by atoms with E-state index >= 15 is 0 Å². The summed E-state index contributed by atoms with van der Waals surface area (Å²) in [4.78, 5) is 25.7. The minimum absolute atomic E-state index is 0.0330. The summed E-state index contributed by atoms with van der Waals surface area (Å²) >= 11 is 0. The number of fused-ring (bicyclic) bond motifs is 3. The summed E-state index contributed by atoms with van der Waals surface area (Å²) in [6, 6.07) is 5.60. The van der Waals surface area contributed by atoms with Crippen molar-refractivity contribution in [1.29, 1.82) is 0 Å². The van der Waals surface area contributed by atoms with Gasteiger partial charge in [0.05, 0.1) is 11.5 Å². The third-order valence-electron chi connectivity index (χ3n) is 4.43. The van der Waals surface area contributed by atoms with Gasteiger partial charge in [-0.1, -0.05) is 19.9 Å². The maximum atomic E-state index is 12.2. The molecule has 4 heteroatoms. The lowest BCUT2D eigenvalue weighted by Crippen LogP contribution is -2.46. The molecule has 0 bridgehead atoms. The van der Waals surface area contributed by atoms with Crippen molar-refractivity contribution in [2.45, 2.75) is 26.3 Å². The molecule has 1 aromatic carbocycles. The second-order valence-corrected chi connectivity index (χ2v) is 6.07. The molecule has 3 rings (SSSR count). The molecule has 104 valence electrons. The van der Waals surface area contributed by atoms with Crippen molar-refractivity contribution in [1.82, 2.24) is 4.90 Å². The van der Waals surface area contributed by atoms with E-state index in [1.807, 2.05) is 32.2 Å². The van der Waals surface area contributed by atoms with Crippen molar-refractivity contribution >= 4 is 11.7 Å². The van der Waals surface area contributed by atoms with Crippen LogP contribution in [0.25, 0.3) is 0 Å². The molecule has 2 aliphatic heterocycles. The monoisotopic (exact) mass is 270 g/mol. The van der Waals surface area contributed by atoms with Gasteiger partial charge in [0, 0.05) is 18.3 Å². The van der Waals surface area contributed by atoms with E-state index in [0.29, 0.717) is 5.56 Å². The highest BCUT2D eigenvalue weighted by Gasteiger charge is 2.44. The Hall–Kier alpha value is -2.10. The summed E-state index contributed by atoms with van der Waals surface area (Å²) in [5.41, 5.74) is 7.67. The van der Waals surface area contributed by atoms with Crippen LogP contribution < -0.4 is 5.73 Å². The average Bonchev–Trinajstić information content (AvgIpc) is 2.41. The van der Waals surface area contributed by atoms with Crippen LogP contribution in [0.5, 0.6) is 0 Å². The third-order valence-corrected chi connectivity index (χ3v) is 4.43. The van der Waals surface area contributed by atoms with Gasteiger partial charge in [-0.05, 0) is 35.8 Å². The van der Waals surface area contributed by atoms with Crippen LogP contribution in [0.2, 0.25) is 0 Å². The van der Waals surface area contributed by atoms with Crippen LogP contribution in [0.1, 0.15) is 41.4 Å². The Morgan fingerprint density at radius 3 is 2.85 bits per heavy atom. The molecular formula is C16H18N2O2. The van der Waals surface area contributed by atoms with Crippen LogP contribution >= 0.6 is 0 Å². The fourth-order valence-corrected chi connectivity index (χ4v) is 3.28. The van der Waals surface area contributed by atoms with Gasteiger partial charge in [0.15, 0.2) is 5.78 Å². The third kappa shape index (κ3) is 1.75. The molecule has 4 nitrogen and oxygen atoms in total. The summed E-state index contributed by atoms with van der Waals surface area (Å²) in [7, 11) is 0. The van der Waals surface area contributed by atoms with Gasteiger partial charge in [0.2, 0.25) is 5.91 Å². The Bertz CT molecular complexity index is 631. The Labute approximate surface area is 118 Å². The summed E-state index contributed by atoms with van der Waals surface area (Å²) < 4.78 is 0. The highest BCUT2D eigenvalue weighted by atomic mass is 16.1. The zero-order chi connectivity index (χ0) is 14.5. The summed E-state index contributed by atoms with van der Waals surface area (Å²) in [5.74, 6) is -0.264. The average molecular weight is 270 g/mol. The second-order valence-electron chi connectivity index (χ2n) is 6.07. The molecule has 1 amide bonds. The number of rotatable bonds is 1. The molecular weight excluding hydrogens is 252 g/mol. The zero-order valence-electron chi connectivity index (χ0n) is 11.7. The number of nitrogens with two attached hydrogens (primary N) is 1.